The highest BCUT2D eigenvalue weighted by atomic mass is 16.3. The first-order chi connectivity index (χ1) is 11.0. The lowest BCUT2D eigenvalue weighted by molar-refractivity contribution is -0.0758. The van der Waals surface area contributed by atoms with Gasteiger partial charge >= 0.3 is 0 Å². The Labute approximate surface area is 140 Å². The maximum atomic E-state index is 10.1. The zero-order valence-corrected chi connectivity index (χ0v) is 14.7. The van der Waals surface area contributed by atoms with Crippen LogP contribution in [0.25, 0.3) is 0 Å². The molecule has 2 heteroatoms. The maximum Gasteiger partial charge on any atom is 0.0723 e. The molecule has 0 heterocycles. The van der Waals surface area contributed by atoms with E-state index in [-0.39, 0.29) is 6.10 Å². The summed E-state index contributed by atoms with van der Waals surface area (Å²) in [5.74, 6) is 4.89. The molecule has 5 rings (SSSR count). The van der Waals surface area contributed by atoms with Crippen LogP contribution in [-0.4, -0.2) is 22.9 Å². The quantitative estimate of drug-likeness (QED) is 0.723. The fourth-order valence-corrected chi connectivity index (χ4v) is 8.17. The standard InChI is InChI=1S/C21H32O2/c1-12-7-13-8-15(23)3-4-16(13)17-5-6-20(2)18(19(12)17)9-14-10-21(14,20)11-22/h8,12,14-19,22-23H,3-7,9-11H2,1-2H3/t12-,14-,15+,16+,17?,18-,19-,20-,21-/m1/s1. The maximum absolute atomic E-state index is 10.1. The van der Waals surface area contributed by atoms with Crippen molar-refractivity contribution in [1.82, 2.24) is 0 Å². The molecular formula is C21H32O2. The van der Waals surface area contributed by atoms with E-state index in [0.717, 1.165) is 41.9 Å². The van der Waals surface area contributed by atoms with Crippen LogP contribution in [0.15, 0.2) is 11.6 Å². The van der Waals surface area contributed by atoms with Gasteiger partial charge in [0.25, 0.3) is 0 Å². The number of allylic oxidation sites excluding steroid dienone is 1. The number of hydrogen-bond acceptors (Lipinski definition) is 2. The van der Waals surface area contributed by atoms with Gasteiger partial charge in [-0.15, -0.1) is 0 Å². The van der Waals surface area contributed by atoms with Gasteiger partial charge in [0, 0.05) is 12.0 Å². The lowest BCUT2D eigenvalue weighted by Crippen LogP contribution is -2.51. The molecule has 0 radical (unpaired) electrons. The Morgan fingerprint density at radius 1 is 1.26 bits per heavy atom. The van der Waals surface area contributed by atoms with Crippen molar-refractivity contribution < 1.29 is 10.2 Å². The second kappa shape index (κ2) is 4.64. The third-order valence-electron chi connectivity index (χ3n) is 9.35. The highest BCUT2D eigenvalue weighted by Gasteiger charge is 2.74. The summed E-state index contributed by atoms with van der Waals surface area (Å²) in [6, 6.07) is 0. The van der Waals surface area contributed by atoms with E-state index in [2.05, 4.69) is 19.9 Å². The van der Waals surface area contributed by atoms with E-state index < -0.39 is 0 Å². The lowest BCUT2D eigenvalue weighted by atomic mass is 9.47. The topological polar surface area (TPSA) is 40.5 Å². The van der Waals surface area contributed by atoms with E-state index in [1.54, 1.807) is 5.57 Å². The molecule has 23 heavy (non-hydrogen) atoms. The Hall–Kier alpha value is -0.340. The van der Waals surface area contributed by atoms with Gasteiger partial charge in [0.15, 0.2) is 0 Å². The summed E-state index contributed by atoms with van der Waals surface area (Å²) < 4.78 is 0. The first-order valence-electron chi connectivity index (χ1n) is 10.00. The largest absolute Gasteiger partial charge is 0.396 e. The Kier molecular flexibility index (Phi) is 3.01. The Morgan fingerprint density at radius 3 is 2.87 bits per heavy atom. The van der Waals surface area contributed by atoms with Crippen molar-refractivity contribution >= 4 is 0 Å². The molecule has 0 spiro atoms. The zero-order chi connectivity index (χ0) is 16.0. The summed E-state index contributed by atoms with van der Waals surface area (Å²) in [5.41, 5.74) is 2.28. The zero-order valence-electron chi connectivity index (χ0n) is 14.7. The molecule has 9 atom stereocenters. The van der Waals surface area contributed by atoms with Crippen LogP contribution in [0.3, 0.4) is 0 Å². The summed E-state index contributed by atoms with van der Waals surface area (Å²) in [7, 11) is 0. The molecule has 2 nitrogen and oxygen atoms in total. The number of aliphatic hydroxyl groups is 2. The summed E-state index contributed by atoms with van der Waals surface area (Å²) >= 11 is 0. The Balaban J connectivity index is 1.49. The molecule has 5 aliphatic rings. The van der Waals surface area contributed by atoms with Crippen molar-refractivity contribution in [1.29, 1.82) is 0 Å². The van der Waals surface area contributed by atoms with Crippen LogP contribution in [0, 0.1) is 46.3 Å². The van der Waals surface area contributed by atoms with Gasteiger partial charge in [-0.2, -0.15) is 0 Å². The van der Waals surface area contributed by atoms with E-state index in [4.69, 9.17) is 0 Å². The molecule has 0 saturated heterocycles. The van der Waals surface area contributed by atoms with Gasteiger partial charge in [-0.3, -0.25) is 0 Å². The van der Waals surface area contributed by atoms with Crippen LogP contribution in [-0.2, 0) is 0 Å². The molecule has 0 aromatic heterocycles. The number of hydrogen-bond donors (Lipinski definition) is 2. The molecule has 0 aliphatic heterocycles. The smallest absolute Gasteiger partial charge is 0.0723 e. The molecule has 4 fully saturated rings. The highest BCUT2D eigenvalue weighted by Crippen LogP contribution is 2.79. The van der Waals surface area contributed by atoms with Crippen LogP contribution in [0.5, 0.6) is 0 Å². The van der Waals surface area contributed by atoms with Gasteiger partial charge in [0.05, 0.1) is 6.10 Å². The minimum atomic E-state index is -0.185. The van der Waals surface area contributed by atoms with E-state index in [1.807, 2.05) is 0 Å². The highest BCUT2D eigenvalue weighted by molar-refractivity contribution is 5.26. The second-order valence-electron chi connectivity index (χ2n) is 9.93. The van der Waals surface area contributed by atoms with Gasteiger partial charge < -0.3 is 10.2 Å². The minimum absolute atomic E-state index is 0.185. The van der Waals surface area contributed by atoms with E-state index in [9.17, 15) is 10.2 Å². The van der Waals surface area contributed by atoms with Crippen molar-refractivity contribution in [2.75, 3.05) is 6.61 Å². The average Bonchev–Trinajstić information content (AvgIpc) is 3.19. The molecule has 0 aromatic carbocycles. The van der Waals surface area contributed by atoms with Crippen LogP contribution in [0.2, 0.25) is 0 Å². The van der Waals surface area contributed by atoms with Crippen LogP contribution < -0.4 is 0 Å². The Morgan fingerprint density at radius 2 is 2.09 bits per heavy atom. The lowest BCUT2D eigenvalue weighted by Gasteiger charge is -2.57. The average molecular weight is 316 g/mol. The molecule has 2 N–H and O–H groups in total. The first-order valence-corrected chi connectivity index (χ1v) is 10.00. The van der Waals surface area contributed by atoms with Crippen molar-refractivity contribution in [2.24, 2.45) is 46.3 Å². The fraction of sp³-hybridized carbons (Fsp3) is 0.905. The first kappa shape index (κ1) is 15.0. The van der Waals surface area contributed by atoms with Gasteiger partial charge in [0.2, 0.25) is 0 Å². The molecule has 4 saturated carbocycles. The molecule has 0 bridgehead atoms. The summed E-state index contributed by atoms with van der Waals surface area (Å²) in [4.78, 5) is 0. The van der Waals surface area contributed by atoms with Gasteiger partial charge in [-0.05, 0) is 85.9 Å². The van der Waals surface area contributed by atoms with E-state index in [0.29, 0.717) is 17.4 Å². The second-order valence-corrected chi connectivity index (χ2v) is 9.93. The summed E-state index contributed by atoms with van der Waals surface area (Å²) in [6.07, 6.45) is 10.8. The number of aliphatic hydroxyl groups excluding tert-OH is 2. The Bertz CT molecular complexity index is 550. The van der Waals surface area contributed by atoms with Crippen LogP contribution >= 0.6 is 0 Å². The minimum Gasteiger partial charge on any atom is -0.396 e. The van der Waals surface area contributed by atoms with Gasteiger partial charge in [-0.1, -0.05) is 25.5 Å². The fourth-order valence-electron chi connectivity index (χ4n) is 8.17. The van der Waals surface area contributed by atoms with E-state index >= 15 is 0 Å². The molecular weight excluding hydrogens is 284 g/mol. The third kappa shape index (κ3) is 1.73. The van der Waals surface area contributed by atoms with Crippen LogP contribution in [0.1, 0.15) is 58.8 Å². The predicted octanol–water partition coefficient (Wildman–Crippen LogP) is 3.77. The third-order valence-corrected chi connectivity index (χ3v) is 9.35. The molecule has 128 valence electrons. The monoisotopic (exact) mass is 316 g/mol. The molecule has 5 aliphatic carbocycles. The predicted molar refractivity (Wildman–Crippen MR) is 90.6 cm³/mol. The van der Waals surface area contributed by atoms with E-state index in [1.165, 1.54) is 38.5 Å². The van der Waals surface area contributed by atoms with Crippen molar-refractivity contribution in [3.8, 4) is 0 Å². The van der Waals surface area contributed by atoms with Crippen LogP contribution in [0.4, 0.5) is 0 Å². The normalized spacial score (nSPS) is 60.2. The van der Waals surface area contributed by atoms with Crippen molar-refractivity contribution in [3.63, 3.8) is 0 Å². The SMILES string of the molecule is C[C@@H]1CC2=C[C@@H](O)CC[C@@H]2C2CC[C@]3(C)[C@H](C[C@@H]4C[C@@]43CO)[C@@H]21. The van der Waals surface area contributed by atoms with Crippen molar-refractivity contribution in [2.45, 2.75) is 64.9 Å². The molecule has 0 aromatic rings. The summed E-state index contributed by atoms with van der Waals surface area (Å²) in [5, 5.41) is 20.1. The molecule has 1 unspecified atom stereocenters. The van der Waals surface area contributed by atoms with Gasteiger partial charge in [-0.25, -0.2) is 0 Å². The van der Waals surface area contributed by atoms with Gasteiger partial charge in [0.1, 0.15) is 0 Å². The van der Waals surface area contributed by atoms with Crippen molar-refractivity contribution in [3.05, 3.63) is 11.6 Å². The molecule has 0 amide bonds. The number of fused-ring (bicyclic) bond motifs is 7. The summed E-state index contributed by atoms with van der Waals surface area (Å²) in [6.45, 7) is 5.42. The number of rotatable bonds is 1.